The van der Waals surface area contributed by atoms with Gasteiger partial charge in [-0.1, -0.05) is 0 Å². The second-order valence-corrected chi connectivity index (χ2v) is 4.49. The van der Waals surface area contributed by atoms with E-state index in [1.165, 1.54) is 0 Å². The molecular weight excluding hydrogens is 230 g/mol. The van der Waals surface area contributed by atoms with Gasteiger partial charge < -0.3 is 15.4 Å². The maximum Gasteiger partial charge on any atom is 0.239 e. The van der Waals surface area contributed by atoms with E-state index in [0.29, 0.717) is 12.6 Å². The minimum atomic E-state index is -0.407. The van der Waals surface area contributed by atoms with Gasteiger partial charge in [0.2, 0.25) is 5.91 Å². The third kappa shape index (κ3) is 2.48. The van der Waals surface area contributed by atoms with Crippen LogP contribution in [0.1, 0.15) is 6.92 Å². The molecule has 16 heavy (non-hydrogen) atoms. The average molecular weight is 250 g/mol. The number of nitrogens with two attached hydrogens (primary N) is 1. The molecule has 2 aliphatic rings. The monoisotopic (exact) mass is 249 g/mol. The fourth-order valence-electron chi connectivity index (χ4n) is 2.33. The SMILES string of the molecule is C[C@@H](N)C(=O)N1CC2OCCN(C)C2C1.Cl. The first-order valence-electron chi connectivity index (χ1n) is 5.46. The van der Waals surface area contributed by atoms with Gasteiger partial charge in [-0.15, -0.1) is 12.4 Å². The van der Waals surface area contributed by atoms with Crippen LogP contribution in [0.2, 0.25) is 0 Å². The number of morpholine rings is 1. The van der Waals surface area contributed by atoms with Gasteiger partial charge in [0.1, 0.15) is 0 Å². The number of likely N-dealkylation sites (tertiary alicyclic amines) is 1. The molecule has 0 aromatic carbocycles. The van der Waals surface area contributed by atoms with Gasteiger partial charge in [-0.05, 0) is 14.0 Å². The van der Waals surface area contributed by atoms with Crippen molar-refractivity contribution >= 4 is 18.3 Å². The lowest BCUT2D eigenvalue weighted by molar-refractivity contribution is -0.131. The first-order valence-corrected chi connectivity index (χ1v) is 5.46. The molecule has 2 heterocycles. The molecule has 2 rings (SSSR count). The molecule has 0 bridgehead atoms. The summed E-state index contributed by atoms with van der Waals surface area (Å²) in [4.78, 5) is 15.8. The molecule has 0 spiro atoms. The second-order valence-electron chi connectivity index (χ2n) is 4.49. The van der Waals surface area contributed by atoms with Crippen LogP contribution in [-0.4, -0.2) is 67.2 Å². The van der Waals surface area contributed by atoms with Crippen LogP contribution in [0.25, 0.3) is 0 Å². The van der Waals surface area contributed by atoms with Crippen molar-refractivity contribution in [2.75, 3.05) is 33.3 Å². The van der Waals surface area contributed by atoms with Crippen molar-refractivity contribution in [2.45, 2.75) is 25.1 Å². The maximum atomic E-state index is 11.7. The highest BCUT2D eigenvalue weighted by atomic mass is 35.5. The van der Waals surface area contributed by atoms with Crippen LogP contribution in [0.4, 0.5) is 0 Å². The number of hydrogen-bond acceptors (Lipinski definition) is 4. The number of amides is 1. The van der Waals surface area contributed by atoms with Gasteiger partial charge in [-0.3, -0.25) is 9.69 Å². The summed E-state index contributed by atoms with van der Waals surface area (Å²) in [7, 11) is 2.08. The van der Waals surface area contributed by atoms with E-state index in [1.807, 2.05) is 4.90 Å². The Morgan fingerprint density at radius 3 is 2.75 bits per heavy atom. The molecule has 2 aliphatic heterocycles. The van der Waals surface area contributed by atoms with Crippen molar-refractivity contribution < 1.29 is 9.53 Å². The number of fused-ring (bicyclic) bond motifs is 1. The van der Waals surface area contributed by atoms with Gasteiger partial charge in [-0.2, -0.15) is 0 Å². The molecule has 2 fully saturated rings. The lowest BCUT2D eigenvalue weighted by Gasteiger charge is -2.33. The number of carbonyl (C=O) groups excluding carboxylic acids is 1. The third-order valence-corrected chi connectivity index (χ3v) is 3.28. The fraction of sp³-hybridized carbons (Fsp3) is 0.900. The van der Waals surface area contributed by atoms with Crippen LogP contribution < -0.4 is 5.73 Å². The summed E-state index contributed by atoms with van der Waals surface area (Å²) in [6.07, 6.45) is 0.173. The molecule has 2 N–H and O–H groups in total. The van der Waals surface area contributed by atoms with E-state index in [0.717, 1.165) is 19.7 Å². The zero-order valence-electron chi connectivity index (χ0n) is 9.76. The lowest BCUT2D eigenvalue weighted by atomic mass is 10.1. The van der Waals surface area contributed by atoms with Crippen molar-refractivity contribution in [3.05, 3.63) is 0 Å². The minimum Gasteiger partial charge on any atom is -0.373 e. The van der Waals surface area contributed by atoms with Crippen molar-refractivity contribution in [3.8, 4) is 0 Å². The standard InChI is InChI=1S/C10H19N3O2.ClH/c1-7(11)10(14)13-5-8-9(6-13)15-4-3-12(8)2;/h7-9H,3-6,11H2,1-2H3;1H/t7-,8?,9?;/m1./s1. The molecule has 0 aromatic heterocycles. The maximum absolute atomic E-state index is 11.7. The van der Waals surface area contributed by atoms with E-state index in [2.05, 4.69) is 11.9 Å². The predicted molar refractivity (Wildman–Crippen MR) is 63.6 cm³/mol. The summed E-state index contributed by atoms with van der Waals surface area (Å²) in [6.45, 7) is 4.88. The summed E-state index contributed by atoms with van der Waals surface area (Å²) in [6, 6.07) is -0.0584. The summed E-state index contributed by atoms with van der Waals surface area (Å²) in [5, 5.41) is 0. The van der Waals surface area contributed by atoms with E-state index in [4.69, 9.17) is 10.5 Å². The first-order chi connectivity index (χ1) is 7.09. The lowest BCUT2D eigenvalue weighted by Crippen LogP contribution is -2.48. The number of rotatable bonds is 1. The molecule has 1 amide bonds. The topological polar surface area (TPSA) is 58.8 Å². The average Bonchev–Trinajstić information content (AvgIpc) is 2.61. The Hall–Kier alpha value is -0.360. The van der Waals surface area contributed by atoms with Gasteiger partial charge in [0.15, 0.2) is 0 Å². The van der Waals surface area contributed by atoms with Crippen molar-refractivity contribution in [1.29, 1.82) is 0 Å². The van der Waals surface area contributed by atoms with Crippen LogP contribution >= 0.6 is 12.4 Å². The molecule has 0 aliphatic carbocycles. The molecule has 5 nitrogen and oxygen atoms in total. The van der Waals surface area contributed by atoms with Crippen LogP contribution in [-0.2, 0) is 9.53 Å². The Morgan fingerprint density at radius 1 is 1.50 bits per heavy atom. The highest BCUT2D eigenvalue weighted by Crippen LogP contribution is 2.21. The molecule has 3 atom stereocenters. The van der Waals surface area contributed by atoms with Crippen LogP contribution in [0.5, 0.6) is 0 Å². The minimum absolute atomic E-state index is 0. The highest BCUT2D eigenvalue weighted by molar-refractivity contribution is 5.85. The number of hydrogen-bond donors (Lipinski definition) is 1. The predicted octanol–water partition coefficient (Wildman–Crippen LogP) is -0.703. The van der Waals surface area contributed by atoms with E-state index in [9.17, 15) is 4.79 Å². The fourth-order valence-corrected chi connectivity index (χ4v) is 2.33. The number of likely N-dealkylation sites (N-methyl/N-ethyl adjacent to an activating group) is 1. The van der Waals surface area contributed by atoms with Gasteiger partial charge >= 0.3 is 0 Å². The smallest absolute Gasteiger partial charge is 0.239 e. The number of carbonyl (C=O) groups is 1. The van der Waals surface area contributed by atoms with Gasteiger partial charge in [-0.25, -0.2) is 0 Å². The van der Waals surface area contributed by atoms with Crippen LogP contribution in [0.15, 0.2) is 0 Å². The first kappa shape index (κ1) is 13.7. The normalized spacial score (nSPS) is 31.8. The molecular formula is C10H20ClN3O2. The number of halogens is 1. The van der Waals surface area contributed by atoms with Crippen molar-refractivity contribution in [2.24, 2.45) is 5.73 Å². The molecule has 0 radical (unpaired) electrons. The number of nitrogens with zero attached hydrogens (tertiary/aromatic N) is 2. The molecule has 94 valence electrons. The zero-order chi connectivity index (χ0) is 11.0. The van der Waals surface area contributed by atoms with Gasteiger partial charge in [0.25, 0.3) is 0 Å². The largest absolute Gasteiger partial charge is 0.373 e. The Kier molecular flexibility index (Phi) is 4.55. The molecule has 2 unspecified atom stereocenters. The summed E-state index contributed by atoms with van der Waals surface area (Å²) >= 11 is 0. The molecule has 2 saturated heterocycles. The van der Waals surface area contributed by atoms with Gasteiger partial charge in [0.05, 0.1) is 24.8 Å². The van der Waals surface area contributed by atoms with Gasteiger partial charge in [0, 0.05) is 19.6 Å². The Morgan fingerprint density at radius 2 is 2.19 bits per heavy atom. The summed E-state index contributed by atoms with van der Waals surface area (Å²) in [5.74, 6) is 0.0291. The Bertz CT molecular complexity index is 262. The van der Waals surface area contributed by atoms with Crippen molar-refractivity contribution in [1.82, 2.24) is 9.80 Å². The quantitative estimate of drug-likeness (QED) is 0.668. The molecule has 6 heteroatoms. The van der Waals surface area contributed by atoms with Crippen LogP contribution in [0.3, 0.4) is 0 Å². The Labute approximate surface area is 102 Å². The van der Waals surface area contributed by atoms with E-state index in [1.54, 1.807) is 6.92 Å². The van der Waals surface area contributed by atoms with E-state index in [-0.39, 0.29) is 24.4 Å². The van der Waals surface area contributed by atoms with Crippen LogP contribution in [0, 0.1) is 0 Å². The van der Waals surface area contributed by atoms with Crippen molar-refractivity contribution in [3.63, 3.8) is 0 Å². The Balaban J connectivity index is 0.00000128. The second kappa shape index (κ2) is 5.31. The van der Waals surface area contributed by atoms with E-state index >= 15 is 0 Å². The molecule has 0 saturated carbocycles. The third-order valence-electron chi connectivity index (χ3n) is 3.28. The summed E-state index contributed by atoms with van der Waals surface area (Å²) in [5.41, 5.74) is 5.59. The molecule has 0 aromatic rings. The zero-order valence-corrected chi connectivity index (χ0v) is 10.6. The highest BCUT2D eigenvalue weighted by Gasteiger charge is 2.40. The van der Waals surface area contributed by atoms with E-state index < -0.39 is 6.04 Å². The number of ether oxygens (including phenoxy) is 1. The summed E-state index contributed by atoms with van der Waals surface area (Å²) < 4.78 is 5.66.